The van der Waals surface area contributed by atoms with E-state index in [0.29, 0.717) is 0 Å². The Morgan fingerprint density at radius 1 is 1.25 bits per heavy atom. The zero-order valence-corrected chi connectivity index (χ0v) is 10.4. The highest BCUT2D eigenvalue weighted by molar-refractivity contribution is 9.10. The number of hydrogen-bond acceptors (Lipinski definition) is 0. The monoisotopic (exact) mass is 310 g/mol. The maximum Gasteiger partial charge on any atom is 0.0419 e. The summed E-state index contributed by atoms with van der Waals surface area (Å²) in [6, 6.07) is 6.02. The van der Waals surface area contributed by atoms with Crippen LogP contribution < -0.4 is 0 Å². The molecule has 0 unspecified atom stereocenters. The molecule has 66 valence electrons. The molecule has 0 aliphatic rings. The van der Waals surface area contributed by atoms with Gasteiger partial charge >= 0.3 is 0 Å². The van der Waals surface area contributed by atoms with E-state index in [2.05, 4.69) is 37.9 Å². The summed E-state index contributed by atoms with van der Waals surface area (Å²) in [7, 11) is 0. The van der Waals surface area contributed by atoms with Gasteiger partial charge in [0.15, 0.2) is 0 Å². The molecular formula is C9H9Br2Cl. The van der Waals surface area contributed by atoms with E-state index in [-0.39, 0.29) is 0 Å². The van der Waals surface area contributed by atoms with Gasteiger partial charge in [0.2, 0.25) is 0 Å². The first kappa shape index (κ1) is 10.6. The topological polar surface area (TPSA) is 0 Å². The number of benzene rings is 1. The van der Waals surface area contributed by atoms with Gasteiger partial charge in [-0.2, -0.15) is 0 Å². The lowest BCUT2D eigenvalue weighted by atomic mass is 10.1. The van der Waals surface area contributed by atoms with Crippen LogP contribution in [0.5, 0.6) is 0 Å². The number of hydrogen-bond donors (Lipinski definition) is 0. The largest absolute Gasteiger partial charge is 0.0928 e. The first-order chi connectivity index (χ1) is 5.72. The standard InChI is InChI=1S/C9H9Br2Cl/c10-3-1-2-7-4-8(11)6-9(12)5-7/h4-6H,1-3H2. The van der Waals surface area contributed by atoms with Gasteiger partial charge in [-0.25, -0.2) is 0 Å². The highest BCUT2D eigenvalue weighted by Crippen LogP contribution is 2.20. The van der Waals surface area contributed by atoms with Crippen molar-refractivity contribution < 1.29 is 0 Å². The lowest BCUT2D eigenvalue weighted by molar-refractivity contribution is 0.939. The Morgan fingerprint density at radius 3 is 2.58 bits per heavy atom. The molecule has 0 amide bonds. The van der Waals surface area contributed by atoms with E-state index in [0.717, 1.165) is 27.7 Å². The van der Waals surface area contributed by atoms with Crippen molar-refractivity contribution in [3.63, 3.8) is 0 Å². The zero-order chi connectivity index (χ0) is 8.97. The van der Waals surface area contributed by atoms with E-state index < -0.39 is 0 Å². The van der Waals surface area contributed by atoms with E-state index in [1.54, 1.807) is 0 Å². The van der Waals surface area contributed by atoms with Gasteiger partial charge in [-0.05, 0) is 36.6 Å². The molecule has 0 bridgehead atoms. The third-order valence-corrected chi connectivity index (χ3v) is 2.76. The maximum absolute atomic E-state index is 5.89. The summed E-state index contributed by atoms with van der Waals surface area (Å²) in [6.45, 7) is 0. The Hall–Kier alpha value is 0.470. The number of rotatable bonds is 3. The normalized spacial score (nSPS) is 10.2. The molecule has 3 heteroatoms. The van der Waals surface area contributed by atoms with Crippen LogP contribution >= 0.6 is 43.5 Å². The molecule has 0 fully saturated rings. The highest BCUT2D eigenvalue weighted by atomic mass is 79.9. The van der Waals surface area contributed by atoms with Gasteiger partial charge in [-0.1, -0.05) is 43.5 Å². The first-order valence-electron chi connectivity index (χ1n) is 3.73. The second kappa shape index (κ2) is 5.25. The van der Waals surface area contributed by atoms with Crippen LogP contribution in [-0.4, -0.2) is 5.33 Å². The summed E-state index contributed by atoms with van der Waals surface area (Å²) >= 11 is 12.7. The Labute approximate surface area is 94.6 Å². The average Bonchev–Trinajstić information content (AvgIpc) is 1.99. The van der Waals surface area contributed by atoms with Crippen LogP contribution in [-0.2, 0) is 6.42 Å². The molecule has 12 heavy (non-hydrogen) atoms. The molecular weight excluding hydrogens is 303 g/mol. The van der Waals surface area contributed by atoms with E-state index in [1.165, 1.54) is 5.56 Å². The second-order valence-electron chi connectivity index (χ2n) is 2.57. The summed E-state index contributed by atoms with van der Waals surface area (Å²) in [5.41, 5.74) is 1.29. The molecule has 0 saturated heterocycles. The Morgan fingerprint density at radius 2 is 2.00 bits per heavy atom. The lowest BCUT2D eigenvalue weighted by Crippen LogP contribution is -1.85. The number of alkyl halides is 1. The van der Waals surface area contributed by atoms with Crippen LogP contribution in [0.3, 0.4) is 0 Å². The molecule has 0 aliphatic carbocycles. The minimum Gasteiger partial charge on any atom is -0.0928 e. The lowest BCUT2D eigenvalue weighted by Gasteiger charge is -2.01. The quantitative estimate of drug-likeness (QED) is 0.724. The van der Waals surface area contributed by atoms with Crippen LogP contribution in [0.25, 0.3) is 0 Å². The summed E-state index contributed by atoms with van der Waals surface area (Å²) in [6.07, 6.45) is 2.22. The van der Waals surface area contributed by atoms with Crippen LogP contribution in [0.15, 0.2) is 22.7 Å². The zero-order valence-electron chi connectivity index (χ0n) is 6.49. The maximum atomic E-state index is 5.89. The van der Waals surface area contributed by atoms with E-state index in [9.17, 15) is 0 Å². The molecule has 0 N–H and O–H groups in total. The van der Waals surface area contributed by atoms with Crippen molar-refractivity contribution >= 4 is 43.5 Å². The first-order valence-corrected chi connectivity index (χ1v) is 6.02. The van der Waals surface area contributed by atoms with Crippen molar-refractivity contribution in [1.82, 2.24) is 0 Å². The smallest absolute Gasteiger partial charge is 0.0419 e. The summed E-state index contributed by atoms with van der Waals surface area (Å²) in [5, 5.41) is 1.84. The SMILES string of the molecule is Clc1cc(Br)cc(CCCBr)c1. The average molecular weight is 312 g/mol. The summed E-state index contributed by atoms with van der Waals surface area (Å²) < 4.78 is 1.06. The fraction of sp³-hybridized carbons (Fsp3) is 0.333. The predicted octanol–water partition coefficient (Wildman–Crippen LogP) is 4.43. The summed E-state index contributed by atoms with van der Waals surface area (Å²) in [4.78, 5) is 0. The van der Waals surface area contributed by atoms with Gasteiger partial charge in [-0.3, -0.25) is 0 Å². The minimum absolute atomic E-state index is 0.800. The Bertz CT molecular complexity index is 240. The van der Waals surface area contributed by atoms with Crippen molar-refractivity contribution in [1.29, 1.82) is 0 Å². The Kier molecular flexibility index (Phi) is 4.62. The van der Waals surface area contributed by atoms with Crippen LogP contribution in [0, 0.1) is 0 Å². The highest BCUT2D eigenvalue weighted by Gasteiger charge is 1.96. The van der Waals surface area contributed by atoms with Gasteiger partial charge in [0.1, 0.15) is 0 Å². The van der Waals surface area contributed by atoms with Crippen molar-refractivity contribution in [3.05, 3.63) is 33.3 Å². The van der Waals surface area contributed by atoms with Crippen molar-refractivity contribution in [2.45, 2.75) is 12.8 Å². The molecule has 0 radical (unpaired) electrons. The predicted molar refractivity (Wildman–Crippen MR) is 61.3 cm³/mol. The van der Waals surface area contributed by atoms with Crippen molar-refractivity contribution in [2.75, 3.05) is 5.33 Å². The third kappa shape index (κ3) is 3.46. The molecule has 0 spiro atoms. The molecule has 1 aromatic rings. The van der Waals surface area contributed by atoms with Crippen molar-refractivity contribution in [2.24, 2.45) is 0 Å². The van der Waals surface area contributed by atoms with Gasteiger partial charge in [0.05, 0.1) is 0 Å². The van der Waals surface area contributed by atoms with Crippen LogP contribution in [0.4, 0.5) is 0 Å². The molecule has 0 saturated carbocycles. The van der Waals surface area contributed by atoms with E-state index >= 15 is 0 Å². The fourth-order valence-corrected chi connectivity index (χ4v) is 2.24. The van der Waals surface area contributed by atoms with Gasteiger partial charge in [0.25, 0.3) is 0 Å². The third-order valence-electron chi connectivity index (χ3n) is 1.52. The summed E-state index contributed by atoms with van der Waals surface area (Å²) in [5.74, 6) is 0. The van der Waals surface area contributed by atoms with Gasteiger partial charge in [0, 0.05) is 14.8 Å². The minimum atomic E-state index is 0.800. The molecule has 0 heterocycles. The van der Waals surface area contributed by atoms with E-state index in [4.69, 9.17) is 11.6 Å². The Balaban J connectivity index is 2.72. The number of halogens is 3. The van der Waals surface area contributed by atoms with Gasteiger partial charge < -0.3 is 0 Å². The van der Waals surface area contributed by atoms with Crippen LogP contribution in [0.2, 0.25) is 5.02 Å². The molecule has 0 aliphatic heterocycles. The molecule has 1 rings (SSSR count). The van der Waals surface area contributed by atoms with Crippen LogP contribution in [0.1, 0.15) is 12.0 Å². The molecule has 0 atom stereocenters. The molecule has 1 aromatic carbocycles. The molecule has 0 nitrogen and oxygen atoms in total. The van der Waals surface area contributed by atoms with Gasteiger partial charge in [-0.15, -0.1) is 0 Å². The number of aryl methyl sites for hydroxylation is 1. The second-order valence-corrected chi connectivity index (χ2v) is 4.72. The van der Waals surface area contributed by atoms with Crippen molar-refractivity contribution in [3.8, 4) is 0 Å². The molecule has 0 aromatic heterocycles. The fourth-order valence-electron chi connectivity index (χ4n) is 1.03. The van der Waals surface area contributed by atoms with E-state index in [1.807, 2.05) is 12.1 Å².